The van der Waals surface area contributed by atoms with E-state index >= 15 is 0 Å². The monoisotopic (exact) mass is 219 g/mol. The van der Waals surface area contributed by atoms with Gasteiger partial charge < -0.3 is 4.98 Å². The van der Waals surface area contributed by atoms with Crippen molar-refractivity contribution in [1.82, 2.24) is 9.99 Å². The summed E-state index contributed by atoms with van der Waals surface area (Å²) < 4.78 is 0. The van der Waals surface area contributed by atoms with Crippen LogP contribution in [0.3, 0.4) is 0 Å². The first-order valence-corrected chi connectivity index (χ1v) is 5.39. The van der Waals surface area contributed by atoms with Crippen LogP contribution in [0.25, 0.3) is 0 Å². The molecule has 0 radical (unpaired) electrons. The van der Waals surface area contributed by atoms with Crippen LogP contribution in [0.1, 0.15) is 30.7 Å². The SMILES string of the molecule is CCN(CC)/N=N/c1[nH]c(C)c(C)c1C#N. The van der Waals surface area contributed by atoms with Gasteiger partial charge in [0.05, 0.1) is 0 Å². The number of aromatic amines is 1. The molecule has 1 rings (SSSR count). The van der Waals surface area contributed by atoms with E-state index < -0.39 is 0 Å². The zero-order valence-electron chi connectivity index (χ0n) is 10.2. The Bertz CT molecular complexity index is 420. The summed E-state index contributed by atoms with van der Waals surface area (Å²) in [5.41, 5.74) is 2.48. The third kappa shape index (κ3) is 2.40. The molecule has 0 aliphatic heterocycles. The first-order chi connectivity index (χ1) is 7.63. The van der Waals surface area contributed by atoms with Crippen LogP contribution in [0, 0.1) is 25.2 Å². The van der Waals surface area contributed by atoms with E-state index in [1.165, 1.54) is 0 Å². The number of aryl methyl sites for hydroxylation is 1. The Morgan fingerprint density at radius 2 is 1.94 bits per heavy atom. The van der Waals surface area contributed by atoms with Gasteiger partial charge in [0.2, 0.25) is 0 Å². The molecule has 0 spiro atoms. The van der Waals surface area contributed by atoms with Crippen molar-refractivity contribution in [2.45, 2.75) is 27.7 Å². The van der Waals surface area contributed by atoms with E-state index in [4.69, 9.17) is 5.26 Å². The predicted octanol–water partition coefficient (Wildman–Crippen LogP) is 2.84. The molecule has 1 aromatic heterocycles. The Balaban J connectivity index is 2.98. The smallest absolute Gasteiger partial charge is 0.172 e. The van der Waals surface area contributed by atoms with E-state index in [0.29, 0.717) is 11.4 Å². The maximum absolute atomic E-state index is 9.01. The van der Waals surface area contributed by atoms with Crippen LogP contribution < -0.4 is 0 Å². The molecule has 1 heterocycles. The van der Waals surface area contributed by atoms with Gasteiger partial charge >= 0.3 is 0 Å². The van der Waals surface area contributed by atoms with E-state index in [-0.39, 0.29) is 0 Å². The maximum atomic E-state index is 9.01. The molecular formula is C11H17N5. The summed E-state index contributed by atoms with van der Waals surface area (Å²) in [6.07, 6.45) is 0. The van der Waals surface area contributed by atoms with Crippen molar-refractivity contribution in [3.05, 3.63) is 16.8 Å². The molecule has 16 heavy (non-hydrogen) atoms. The number of hydrogen-bond acceptors (Lipinski definition) is 3. The minimum Gasteiger partial charge on any atom is -0.341 e. The summed E-state index contributed by atoms with van der Waals surface area (Å²) >= 11 is 0. The van der Waals surface area contributed by atoms with Gasteiger partial charge in [-0.25, -0.2) is 0 Å². The van der Waals surface area contributed by atoms with Gasteiger partial charge in [0, 0.05) is 18.8 Å². The molecule has 0 aliphatic rings. The van der Waals surface area contributed by atoms with E-state index in [1.807, 2.05) is 32.7 Å². The molecule has 0 saturated carbocycles. The third-order valence-electron chi connectivity index (χ3n) is 2.59. The third-order valence-corrected chi connectivity index (χ3v) is 2.59. The minimum atomic E-state index is 0.546. The van der Waals surface area contributed by atoms with E-state index in [1.54, 1.807) is 0 Å². The number of rotatable bonds is 4. The van der Waals surface area contributed by atoms with Crippen molar-refractivity contribution in [2.24, 2.45) is 10.3 Å². The number of nitrogens with one attached hydrogen (secondary N) is 1. The number of nitrogens with zero attached hydrogens (tertiary/aromatic N) is 4. The molecule has 0 unspecified atom stereocenters. The van der Waals surface area contributed by atoms with Crippen molar-refractivity contribution in [1.29, 1.82) is 5.26 Å². The van der Waals surface area contributed by atoms with Gasteiger partial charge in [-0.2, -0.15) is 5.26 Å². The largest absolute Gasteiger partial charge is 0.341 e. The van der Waals surface area contributed by atoms with Gasteiger partial charge in [-0.15, -0.1) is 5.11 Å². The van der Waals surface area contributed by atoms with Crippen LogP contribution in [0.15, 0.2) is 10.3 Å². The molecule has 0 aliphatic carbocycles. The van der Waals surface area contributed by atoms with Gasteiger partial charge in [0.25, 0.3) is 0 Å². The second-order valence-electron chi connectivity index (χ2n) is 3.54. The molecule has 1 N–H and O–H groups in total. The van der Waals surface area contributed by atoms with Gasteiger partial charge in [-0.3, -0.25) is 5.01 Å². The highest BCUT2D eigenvalue weighted by molar-refractivity contribution is 5.55. The Hall–Kier alpha value is -1.83. The van der Waals surface area contributed by atoms with Gasteiger partial charge in [0.15, 0.2) is 5.82 Å². The summed E-state index contributed by atoms with van der Waals surface area (Å²) in [5.74, 6) is 0.546. The number of nitriles is 1. The van der Waals surface area contributed by atoms with Crippen LogP contribution in [0.4, 0.5) is 5.82 Å². The Kier molecular flexibility index (Phi) is 4.06. The van der Waals surface area contributed by atoms with Crippen molar-refractivity contribution >= 4 is 5.82 Å². The first-order valence-electron chi connectivity index (χ1n) is 5.39. The standard InChI is InChI=1S/C11H17N5/c1-5-16(6-2)15-14-11-10(7-12)8(3)9(4)13-11/h13H,5-6H2,1-4H3/b15-14+. The Labute approximate surface area is 95.8 Å². The zero-order valence-corrected chi connectivity index (χ0v) is 10.2. The highest BCUT2D eigenvalue weighted by Crippen LogP contribution is 2.24. The lowest BCUT2D eigenvalue weighted by Crippen LogP contribution is -2.14. The molecule has 0 atom stereocenters. The summed E-state index contributed by atoms with van der Waals surface area (Å²) in [4.78, 5) is 3.06. The average Bonchev–Trinajstić information content (AvgIpc) is 2.56. The Morgan fingerprint density at radius 3 is 2.44 bits per heavy atom. The zero-order chi connectivity index (χ0) is 12.1. The van der Waals surface area contributed by atoms with Crippen molar-refractivity contribution in [3.8, 4) is 6.07 Å². The lowest BCUT2D eigenvalue weighted by atomic mass is 10.2. The lowest BCUT2D eigenvalue weighted by molar-refractivity contribution is 0.300. The summed E-state index contributed by atoms with van der Waals surface area (Å²) in [7, 11) is 0. The summed E-state index contributed by atoms with van der Waals surface area (Å²) in [6.45, 7) is 9.46. The molecule has 1 aromatic rings. The minimum absolute atomic E-state index is 0.546. The molecule has 5 heteroatoms. The molecule has 0 bridgehead atoms. The maximum Gasteiger partial charge on any atom is 0.172 e. The highest BCUT2D eigenvalue weighted by Gasteiger charge is 2.10. The summed E-state index contributed by atoms with van der Waals surface area (Å²) in [6, 6.07) is 2.14. The van der Waals surface area contributed by atoms with Gasteiger partial charge in [-0.1, -0.05) is 5.22 Å². The van der Waals surface area contributed by atoms with Crippen LogP contribution >= 0.6 is 0 Å². The first kappa shape index (κ1) is 12.2. The topological polar surface area (TPSA) is 67.5 Å². The molecule has 0 amide bonds. The van der Waals surface area contributed by atoms with E-state index in [9.17, 15) is 0 Å². The molecule has 0 aromatic carbocycles. The second kappa shape index (κ2) is 5.31. The van der Waals surface area contributed by atoms with Crippen LogP contribution in [-0.4, -0.2) is 23.1 Å². The number of H-pyrrole nitrogens is 1. The van der Waals surface area contributed by atoms with Crippen LogP contribution in [-0.2, 0) is 0 Å². The fourth-order valence-corrected chi connectivity index (χ4v) is 1.37. The van der Waals surface area contributed by atoms with Crippen molar-refractivity contribution in [3.63, 3.8) is 0 Å². The van der Waals surface area contributed by atoms with Crippen molar-refractivity contribution in [2.75, 3.05) is 13.1 Å². The van der Waals surface area contributed by atoms with Crippen molar-refractivity contribution < 1.29 is 0 Å². The Morgan fingerprint density at radius 1 is 1.31 bits per heavy atom. The van der Waals surface area contributed by atoms with Gasteiger partial charge in [-0.05, 0) is 33.3 Å². The van der Waals surface area contributed by atoms with Gasteiger partial charge in [0.1, 0.15) is 11.6 Å². The number of hydrogen-bond donors (Lipinski definition) is 1. The second-order valence-corrected chi connectivity index (χ2v) is 3.54. The highest BCUT2D eigenvalue weighted by atomic mass is 15.5. The van der Waals surface area contributed by atoms with E-state index in [0.717, 1.165) is 24.3 Å². The normalized spacial score (nSPS) is 10.7. The quantitative estimate of drug-likeness (QED) is 0.625. The fourth-order valence-electron chi connectivity index (χ4n) is 1.37. The molecule has 86 valence electrons. The predicted molar refractivity (Wildman–Crippen MR) is 62.4 cm³/mol. The fraction of sp³-hybridized carbons (Fsp3) is 0.545. The van der Waals surface area contributed by atoms with Crippen LogP contribution in [0.2, 0.25) is 0 Å². The number of aromatic nitrogens is 1. The molecule has 0 saturated heterocycles. The average molecular weight is 219 g/mol. The molecule has 0 fully saturated rings. The van der Waals surface area contributed by atoms with Crippen LogP contribution in [0.5, 0.6) is 0 Å². The molecule has 5 nitrogen and oxygen atoms in total. The lowest BCUT2D eigenvalue weighted by Gasteiger charge is -2.10. The molecular weight excluding hydrogens is 202 g/mol. The summed E-state index contributed by atoms with van der Waals surface area (Å²) in [5, 5.41) is 19.0. The van der Waals surface area contributed by atoms with E-state index in [2.05, 4.69) is 21.4 Å².